The number of aliphatic hydroxyl groups excluding tert-OH is 1. The lowest BCUT2D eigenvalue weighted by atomic mass is 9.62. The van der Waals surface area contributed by atoms with E-state index in [-0.39, 0.29) is 22.8 Å². The average Bonchev–Trinajstić information content (AvgIpc) is 3.37. The predicted molar refractivity (Wildman–Crippen MR) is 150 cm³/mol. The lowest BCUT2D eigenvalue weighted by Gasteiger charge is -2.45. The minimum Gasteiger partial charge on any atom is -0.392 e. The summed E-state index contributed by atoms with van der Waals surface area (Å²) in [4.78, 5) is 17.8. The van der Waals surface area contributed by atoms with Crippen molar-refractivity contribution in [1.82, 2.24) is 14.9 Å². The SMILES string of the molecule is CS(=O)(=O)Nc1ccc(CNC(=O)C23CCCC(C(O)CC4c5ccccc5-c5cncn54)(CC2)CC3)cc1. The zero-order valence-electron chi connectivity index (χ0n) is 22.3. The van der Waals surface area contributed by atoms with Gasteiger partial charge in [-0.05, 0) is 73.6 Å². The summed E-state index contributed by atoms with van der Waals surface area (Å²) in [5.74, 6) is 0.0959. The van der Waals surface area contributed by atoms with Crippen molar-refractivity contribution in [2.75, 3.05) is 11.0 Å². The van der Waals surface area contributed by atoms with Crippen LogP contribution >= 0.6 is 0 Å². The van der Waals surface area contributed by atoms with E-state index < -0.39 is 16.1 Å². The number of nitrogens with one attached hydrogen (secondary N) is 2. The second-order valence-electron chi connectivity index (χ2n) is 11.8. The van der Waals surface area contributed by atoms with E-state index in [9.17, 15) is 18.3 Å². The predicted octanol–water partition coefficient (Wildman–Crippen LogP) is 4.62. The van der Waals surface area contributed by atoms with Crippen LogP contribution in [0.25, 0.3) is 11.3 Å². The molecule has 1 aliphatic heterocycles. The van der Waals surface area contributed by atoms with Crippen LogP contribution in [0.4, 0.5) is 5.69 Å². The molecular weight excluding hydrogens is 512 g/mol. The van der Waals surface area contributed by atoms with Gasteiger partial charge >= 0.3 is 0 Å². The fourth-order valence-corrected chi connectivity index (χ4v) is 7.82. The van der Waals surface area contributed by atoms with E-state index in [0.717, 1.165) is 62.5 Å². The Morgan fingerprint density at radius 3 is 2.56 bits per heavy atom. The smallest absolute Gasteiger partial charge is 0.229 e. The molecular formula is C30H36N4O4S. The highest BCUT2D eigenvalue weighted by Gasteiger charge is 2.52. The monoisotopic (exact) mass is 548 g/mol. The van der Waals surface area contributed by atoms with Gasteiger partial charge in [0.2, 0.25) is 15.9 Å². The van der Waals surface area contributed by atoms with Crippen LogP contribution in [-0.2, 0) is 21.4 Å². The molecule has 9 heteroatoms. The molecule has 4 aliphatic rings. The third-order valence-electron chi connectivity index (χ3n) is 9.48. The van der Waals surface area contributed by atoms with Crippen LogP contribution in [0.15, 0.2) is 61.1 Å². The van der Waals surface area contributed by atoms with Crippen LogP contribution in [0.5, 0.6) is 0 Å². The van der Waals surface area contributed by atoms with E-state index in [1.807, 2.05) is 24.7 Å². The summed E-state index contributed by atoms with van der Waals surface area (Å²) in [6, 6.07) is 15.6. The molecule has 1 aromatic heterocycles. The zero-order chi connectivity index (χ0) is 27.3. The van der Waals surface area contributed by atoms with Gasteiger partial charge in [-0.1, -0.05) is 42.8 Å². The molecule has 3 saturated carbocycles. The number of sulfonamides is 1. The molecule has 3 aromatic rings. The second-order valence-corrected chi connectivity index (χ2v) is 13.5. The van der Waals surface area contributed by atoms with Crippen molar-refractivity contribution in [2.24, 2.45) is 10.8 Å². The van der Waals surface area contributed by atoms with Gasteiger partial charge in [0.1, 0.15) is 0 Å². The van der Waals surface area contributed by atoms with E-state index in [1.165, 1.54) is 11.1 Å². The van der Waals surface area contributed by atoms with E-state index in [2.05, 4.69) is 43.9 Å². The molecule has 0 saturated heterocycles. The van der Waals surface area contributed by atoms with E-state index >= 15 is 0 Å². The molecule has 39 heavy (non-hydrogen) atoms. The maximum atomic E-state index is 13.5. The molecule has 3 aliphatic carbocycles. The van der Waals surface area contributed by atoms with Crippen molar-refractivity contribution in [2.45, 2.75) is 70.1 Å². The molecule has 1 amide bonds. The molecule has 206 valence electrons. The molecule has 2 unspecified atom stereocenters. The topological polar surface area (TPSA) is 113 Å². The fourth-order valence-electron chi connectivity index (χ4n) is 7.25. The van der Waals surface area contributed by atoms with Crippen LogP contribution in [-0.4, -0.2) is 41.3 Å². The van der Waals surface area contributed by atoms with E-state index in [1.54, 1.807) is 12.1 Å². The number of carbonyl (C=O) groups excluding carboxylic acids is 1. The molecule has 2 atom stereocenters. The van der Waals surface area contributed by atoms with Gasteiger partial charge in [-0.3, -0.25) is 9.52 Å². The quantitative estimate of drug-likeness (QED) is 0.380. The maximum absolute atomic E-state index is 13.5. The number of hydrogen-bond donors (Lipinski definition) is 3. The summed E-state index contributed by atoms with van der Waals surface area (Å²) >= 11 is 0. The third-order valence-corrected chi connectivity index (χ3v) is 10.1. The lowest BCUT2D eigenvalue weighted by Crippen LogP contribution is -2.46. The Hall–Kier alpha value is -3.17. The minimum absolute atomic E-state index is 0.0836. The van der Waals surface area contributed by atoms with E-state index in [0.29, 0.717) is 18.7 Å². The van der Waals surface area contributed by atoms with E-state index in [4.69, 9.17) is 0 Å². The summed E-state index contributed by atoms with van der Waals surface area (Å²) in [5.41, 5.74) is 4.46. The van der Waals surface area contributed by atoms with Crippen molar-refractivity contribution in [1.29, 1.82) is 0 Å². The van der Waals surface area contributed by atoms with Crippen molar-refractivity contribution in [3.63, 3.8) is 0 Å². The van der Waals surface area contributed by atoms with Gasteiger partial charge in [0, 0.05) is 23.2 Å². The first-order valence-corrected chi connectivity index (χ1v) is 15.7. The van der Waals surface area contributed by atoms with Crippen molar-refractivity contribution >= 4 is 21.6 Å². The first kappa shape index (κ1) is 26.1. The number of hydrogen-bond acceptors (Lipinski definition) is 5. The number of amides is 1. The van der Waals surface area contributed by atoms with Crippen LogP contribution < -0.4 is 10.0 Å². The molecule has 0 radical (unpaired) electrons. The normalized spacial score (nSPS) is 26.4. The highest BCUT2D eigenvalue weighted by Crippen LogP contribution is 2.57. The minimum atomic E-state index is -3.32. The molecule has 8 nitrogen and oxygen atoms in total. The zero-order valence-corrected chi connectivity index (χ0v) is 23.1. The van der Waals surface area contributed by atoms with Gasteiger partial charge < -0.3 is 15.0 Å². The van der Waals surface area contributed by atoms with Crippen molar-refractivity contribution in [3.05, 3.63) is 72.2 Å². The highest BCUT2D eigenvalue weighted by molar-refractivity contribution is 7.92. The maximum Gasteiger partial charge on any atom is 0.229 e. The van der Waals surface area contributed by atoms with Crippen LogP contribution in [0.1, 0.15) is 68.5 Å². The standard InChI is InChI=1S/C30H36N4O4S/c1-39(37,38)33-22-9-7-21(8-10-22)18-32-28(36)30-12-4-11-29(13-15-30,14-16-30)27(35)17-25-23-5-2-3-6-24(23)26-19-31-20-34(25)26/h2-3,5-10,19-20,25,27,33,35H,4,11-18H2,1H3,(H,32,36). The molecule has 3 fully saturated rings. The summed E-state index contributed by atoms with van der Waals surface area (Å²) < 4.78 is 27.5. The van der Waals surface area contributed by atoms with Gasteiger partial charge in [-0.2, -0.15) is 0 Å². The number of imidazole rings is 1. The Kier molecular flexibility index (Phi) is 6.54. The fraction of sp³-hybridized carbons (Fsp3) is 0.467. The van der Waals surface area contributed by atoms with Crippen molar-refractivity contribution in [3.8, 4) is 11.3 Å². The summed E-state index contributed by atoms with van der Waals surface area (Å²) in [6.45, 7) is 0.405. The van der Waals surface area contributed by atoms with Gasteiger partial charge in [0.15, 0.2) is 0 Å². The molecule has 2 heterocycles. The summed E-state index contributed by atoms with van der Waals surface area (Å²) in [6.07, 6.45) is 11.2. The van der Waals surface area contributed by atoms with Crippen LogP contribution in [0.3, 0.4) is 0 Å². The number of anilines is 1. The number of aromatic nitrogens is 2. The Bertz CT molecular complexity index is 1470. The van der Waals surface area contributed by atoms with Crippen LogP contribution in [0, 0.1) is 10.8 Å². The Balaban J connectivity index is 1.10. The number of carbonyl (C=O) groups is 1. The third kappa shape index (κ3) is 4.87. The molecule has 3 N–H and O–H groups in total. The number of benzene rings is 2. The second kappa shape index (κ2) is 9.78. The Labute approximate surface area is 229 Å². The molecule has 2 bridgehead atoms. The van der Waals surface area contributed by atoms with Gasteiger partial charge in [-0.15, -0.1) is 0 Å². The van der Waals surface area contributed by atoms with Gasteiger partial charge in [0.05, 0.1) is 36.6 Å². The first-order valence-electron chi connectivity index (χ1n) is 13.8. The van der Waals surface area contributed by atoms with Crippen molar-refractivity contribution < 1.29 is 18.3 Å². The van der Waals surface area contributed by atoms with Crippen LogP contribution in [0.2, 0.25) is 0 Å². The largest absolute Gasteiger partial charge is 0.392 e. The summed E-state index contributed by atoms with van der Waals surface area (Å²) in [7, 11) is -3.32. The summed E-state index contributed by atoms with van der Waals surface area (Å²) in [5, 5.41) is 14.9. The highest BCUT2D eigenvalue weighted by atomic mass is 32.2. The molecule has 7 rings (SSSR count). The average molecular weight is 549 g/mol. The number of fused-ring (bicyclic) bond motifs is 7. The lowest BCUT2D eigenvalue weighted by molar-refractivity contribution is -0.135. The van der Waals surface area contributed by atoms with Gasteiger partial charge in [-0.25, -0.2) is 13.4 Å². The van der Waals surface area contributed by atoms with Gasteiger partial charge in [0.25, 0.3) is 0 Å². The Morgan fingerprint density at radius 2 is 1.82 bits per heavy atom. The molecule has 2 aromatic carbocycles. The molecule has 0 spiro atoms. The number of nitrogens with zero attached hydrogens (tertiary/aromatic N) is 2. The number of aliphatic hydroxyl groups is 1. The first-order chi connectivity index (χ1) is 18.7. The number of rotatable bonds is 8. The Morgan fingerprint density at radius 1 is 1.08 bits per heavy atom.